The molecule has 0 radical (unpaired) electrons. The summed E-state index contributed by atoms with van der Waals surface area (Å²) in [4.78, 5) is 43.8. The van der Waals surface area contributed by atoms with Crippen LogP contribution in [0.1, 0.15) is 78.7 Å². The molecule has 3 aromatic carbocycles. The van der Waals surface area contributed by atoms with Crippen molar-refractivity contribution in [3.8, 4) is 22.5 Å². The van der Waals surface area contributed by atoms with E-state index in [1.807, 2.05) is 48.4 Å². The third-order valence-corrected chi connectivity index (χ3v) is 11.3. The van der Waals surface area contributed by atoms with Crippen molar-refractivity contribution in [2.75, 3.05) is 18.5 Å². The van der Waals surface area contributed by atoms with Crippen LogP contribution in [0.15, 0.2) is 66.7 Å². The molecule has 2 fully saturated rings. The van der Waals surface area contributed by atoms with E-state index in [1.54, 1.807) is 6.07 Å². The van der Waals surface area contributed by atoms with Gasteiger partial charge < -0.3 is 31.9 Å². The molecule has 1 unspecified atom stereocenters. The molecule has 6 rings (SSSR count). The maximum absolute atomic E-state index is 14.2. The summed E-state index contributed by atoms with van der Waals surface area (Å²) in [6, 6.07) is 18.0. The Kier molecular flexibility index (Phi) is 13.3. The number of halogens is 4. The number of alkyl halides is 4. The van der Waals surface area contributed by atoms with Gasteiger partial charge in [0.2, 0.25) is 17.6 Å². The Hall–Kier alpha value is -5.19. The van der Waals surface area contributed by atoms with Crippen LogP contribution in [0.25, 0.3) is 22.5 Å². The first-order chi connectivity index (χ1) is 27.7. The molecule has 0 spiro atoms. The van der Waals surface area contributed by atoms with Crippen molar-refractivity contribution >= 4 is 23.4 Å². The second-order valence-corrected chi connectivity index (χ2v) is 15.4. The number of rotatable bonds is 14. The zero-order valence-corrected chi connectivity index (χ0v) is 32.1. The van der Waals surface area contributed by atoms with E-state index in [0.29, 0.717) is 49.4 Å². The van der Waals surface area contributed by atoms with E-state index in [2.05, 4.69) is 26.0 Å². The Morgan fingerprint density at radius 3 is 2.17 bits per heavy atom. The van der Waals surface area contributed by atoms with Crippen LogP contribution in [0.3, 0.4) is 0 Å². The van der Waals surface area contributed by atoms with Gasteiger partial charge in [0.05, 0.1) is 6.10 Å². The molecule has 1 aromatic heterocycles. The monoisotopic (exact) mass is 807 g/mol. The van der Waals surface area contributed by atoms with Crippen molar-refractivity contribution in [3.63, 3.8) is 0 Å². The molecule has 3 amide bonds. The van der Waals surface area contributed by atoms with E-state index in [1.165, 1.54) is 24.3 Å². The summed E-state index contributed by atoms with van der Waals surface area (Å²) < 4.78 is 55.7. The number of nitrogens with zero attached hydrogens (tertiary/aromatic N) is 2. The van der Waals surface area contributed by atoms with E-state index in [9.17, 15) is 37.1 Å². The van der Waals surface area contributed by atoms with Gasteiger partial charge >= 0.3 is 11.8 Å². The molecule has 310 valence electrons. The van der Waals surface area contributed by atoms with Gasteiger partial charge in [-0.15, -0.1) is 0 Å². The lowest BCUT2D eigenvalue weighted by molar-refractivity contribution is -0.236. The Morgan fingerprint density at radius 1 is 0.897 bits per heavy atom. The highest BCUT2D eigenvalue weighted by molar-refractivity contribution is 5.98. The van der Waals surface area contributed by atoms with Crippen molar-refractivity contribution in [1.29, 1.82) is 0 Å². The molecule has 1 heterocycles. The fourth-order valence-electron chi connectivity index (χ4n) is 7.57. The second-order valence-electron chi connectivity index (χ2n) is 15.4. The average Bonchev–Trinajstić information content (AvgIpc) is 3.73. The molecule has 0 bridgehead atoms. The van der Waals surface area contributed by atoms with Gasteiger partial charge in [0.25, 0.3) is 5.91 Å². The molecule has 58 heavy (non-hydrogen) atoms. The van der Waals surface area contributed by atoms with Crippen LogP contribution in [0, 0.1) is 18.8 Å². The Labute approximate surface area is 333 Å². The zero-order chi connectivity index (χ0) is 41.6. The highest BCUT2D eigenvalue weighted by atomic mass is 19.3. The summed E-state index contributed by atoms with van der Waals surface area (Å²) in [5.41, 5.74) is 10.4. The van der Waals surface area contributed by atoms with Crippen LogP contribution in [0.2, 0.25) is 0 Å². The smallest absolute Gasteiger partial charge is 0.370 e. The largest absolute Gasteiger partial charge is 0.393 e. The van der Waals surface area contributed by atoms with Crippen LogP contribution in [-0.2, 0) is 21.9 Å². The summed E-state index contributed by atoms with van der Waals surface area (Å²) in [7, 11) is 0. The summed E-state index contributed by atoms with van der Waals surface area (Å²) in [5.74, 6) is -12.0. The van der Waals surface area contributed by atoms with Gasteiger partial charge in [-0.05, 0) is 129 Å². The lowest BCUT2D eigenvalue weighted by Gasteiger charge is -2.28. The molecule has 16 heteroatoms. The third-order valence-electron chi connectivity index (χ3n) is 11.3. The molecule has 0 saturated heterocycles. The molecule has 8 N–H and O–H groups in total. The van der Waals surface area contributed by atoms with E-state index >= 15 is 0 Å². The number of amides is 3. The number of aliphatic hydroxyl groups is 2. The molecule has 2 saturated carbocycles. The number of hydrogen-bond acceptors (Lipinski definition) is 8. The van der Waals surface area contributed by atoms with E-state index in [4.69, 9.17) is 10.8 Å². The van der Waals surface area contributed by atoms with E-state index < -0.39 is 36.2 Å². The number of anilines is 1. The number of carbonyl (C=O) groups excluding carboxylic acids is 3. The van der Waals surface area contributed by atoms with E-state index in [0.717, 1.165) is 47.9 Å². The molecule has 12 nitrogen and oxygen atoms in total. The van der Waals surface area contributed by atoms with Gasteiger partial charge in [-0.3, -0.25) is 19.5 Å². The Balaban J connectivity index is 1.14. The number of aliphatic hydroxyl groups excluding tert-OH is 2. The van der Waals surface area contributed by atoms with Crippen molar-refractivity contribution < 1.29 is 42.2 Å². The van der Waals surface area contributed by atoms with Crippen LogP contribution in [0.4, 0.5) is 23.2 Å². The lowest BCUT2D eigenvalue weighted by Crippen LogP contribution is -2.48. The predicted molar refractivity (Wildman–Crippen MR) is 209 cm³/mol. The van der Waals surface area contributed by atoms with Crippen LogP contribution < -0.4 is 21.7 Å². The normalized spacial score (nSPS) is 20.6. The minimum atomic E-state index is -4.80. The highest BCUT2D eigenvalue weighted by Crippen LogP contribution is 2.41. The van der Waals surface area contributed by atoms with Gasteiger partial charge in [0.15, 0.2) is 5.82 Å². The first-order valence-corrected chi connectivity index (χ1v) is 19.6. The SMILES string of the molecule is Cc1cc(C(=O)NC2CCC(O)CC2)ccc1-c1ccc(CC(NC(=O)C2CCC(CN)CC2)C(=O)Nc2ccc(-c3n[nH]c(C(F)(F)C(F)(F)CO)n3)cc2)cc1. The predicted octanol–water partition coefficient (Wildman–Crippen LogP) is 5.63. The van der Waals surface area contributed by atoms with Gasteiger partial charge in [-0.2, -0.15) is 22.7 Å². The number of nitrogens with two attached hydrogens (primary N) is 1. The highest BCUT2D eigenvalue weighted by Gasteiger charge is 2.59. The number of carbonyl (C=O) groups is 3. The van der Waals surface area contributed by atoms with Gasteiger partial charge in [-0.1, -0.05) is 30.3 Å². The van der Waals surface area contributed by atoms with Crippen molar-refractivity contribution in [2.24, 2.45) is 17.6 Å². The minimum absolute atomic E-state index is 0.0381. The fourth-order valence-corrected chi connectivity index (χ4v) is 7.57. The fraction of sp³-hybridized carbons (Fsp3) is 0.452. The van der Waals surface area contributed by atoms with Crippen LogP contribution in [0.5, 0.6) is 0 Å². The quantitative estimate of drug-likeness (QED) is 0.0797. The first-order valence-electron chi connectivity index (χ1n) is 19.6. The topological polar surface area (TPSA) is 195 Å². The zero-order valence-electron chi connectivity index (χ0n) is 32.1. The number of aromatic nitrogens is 3. The first kappa shape index (κ1) is 42.4. The summed E-state index contributed by atoms with van der Waals surface area (Å²) in [5, 5.41) is 32.8. The van der Waals surface area contributed by atoms with E-state index in [-0.39, 0.29) is 47.7 Å². The van der Waals surface area contributed by atoms with Crippen molar-refractivity contribution in [3.05, 3.63) is 89.2 Å². The standard InChI is InChI=1S/C42H49F4N7O5/c1-24-20-30(38(57)48-32-15-17-33(55)18-16-32)12-19-34(24)27-6-2-25(3-7-27)21-35(50-37(56)29-8-4-26(22-47)5-9-29)39(58)49-31-13-10-28(11-14-31)36-51-40(53-52-36)42(45,46)41(43,44)23-54/h2-3,6-7,10-14,19-20,26,29,32-33,35,54-55H,4-5,8-9,15-18,21-23,47H2,1H3,(H,48,57)(H,49,58)(H,50,56)(H,51,52,53). The molecule has 1 atom stereocenters. The van der Waals surface area contributed by atoms with Gasteiger partial charge in [-0.25, -0.2) is 4.98 Å². The summed E-state index contributed by atoms with van der Waals surface area (Å²) in [6.45, 7) is 0.406. The van der Waals surface area contributed by atoms with Crippen LogP contribution in [-0.4, -0.2) is 80.4 Å². The average molecular weight is 808 g/mol. The molecule has 0 aliphatic heterocycles. The number of aryl methyl sites for hydroxylation is 1. The molecular weight excluding hydrogens is 758 g/mol. The number of nitrogens with one attached hydrogen (secondary N) is 4. The van der Waals surface area contributed by atoms with Crippen molar-refractivity contribution in [1.82, 2.24) is 25.8 Å². The number of benzene rings is 3. The van der Waals surface area contributed by atoms with Crippen LogP contribution >= 0.6 is 0 Å². The Bertz CT molecular complexity index is 2050. The maximum atomic E-state index is 14.2. The third kappa shape index (κ3) is 9.91. The maximum Gasteiger partial charge on any atom is 0.370 e. The summed E-state index contributed by atoms with van der Waals surface area (Å²) >= 11 is 0. The summed E-state index contributed by atoms with van der Waals surface area (Å²) in [6.07, 6.45) is 5.66. The molecule has 2 aliphatic rings. The molecule has 2 aliphatic carbocycles. The van der Waals surface area contributed by atoms with Gasteiger partial charge in [0.1, 0.15) is 12.6 Å². The minimum Gasteiger partial charge on any atom is -0.393 e. The lowest BCUT2D eigenvalue weighted by atomic mass is 9.81. The molecule has 4 aromatic rings. The van der Waals surface area contributed by atoms with Crippen molar-refractivity contribution in [2.45, 2.75) is 94.7 Å². The number of hydrogen-bond donors (Lipinski definition) is 7. The molecular formula is C42H49F4N7O5. The second kappa shape index (κ2) is 18.2. The number of H-pyrrole nitrogens is 1. The number of aromatic amines is 1. The Morgan fingerprint density at radius 2 is 1.55 bits per heavy atom. The van der Waals surface area contributed by atoms with Gasteiger partial charge in [0, 0.05) is 35.2 Å².